The number of anilines is 1. The van der Waals surface area contributed by atoms with Gasteiger partial charge in [0.15, 0.2) is 6.61 Å². The highest BCUT2D eigenvalue weighted by Gasteiger charge is 2.41. The highest BCUT2D eigenvalue weighted by atomic mass is 35.5. The second-order valence-corrected chi connectivity index (χ2v) is 6.57. The fourth-order valence-electron chi connectivity index (χ4n) is 2.80. The minimum absolute atomic E-state index is 0.168. The van der Waals surface area contributed by atoms with E-state index in [0.717, 1.165) is 4.90 Å². The summed E-state index contributed by atoms with van der Waals surface area (Å²) >= 11 is 5.89. The van der Waals surface area contributed by atoms with Gasteiger partial charge in [0, 0.05) is 5.69 Å². The Morgan fingerprint density at radius 2 is 1.79 bits per heavy atom. The average molecular weight is 412 g/mol. The molecule has 0 bridgehead atoms. The molecule has 1 heterocycles. The van der Waals surface area contributed by atoms with Gasteiger partial charge in [0.25, 0.3) is 17.7 Å². The van der Waals surface area contributed by atoms with Crippen LogP contribution >= 0.6 is 11.6 Å². The van der Waals surface area contributed by atoms with Crippen LogP contribution in [0.2, 0.25) is 5.02 Å². The molecule has 1 N–H and O–H groups in total. The number of imide groups is 1. The number of nitrogens with zero attached hydrogens (tertiary/aromatic N) is 2. The van der Waals surface area contributed by atoms with Crippen LogP contribution in [-0.2, 0) is 14.3 Å². The summed E-state index contributed by atoms with van der Waals surface area (Å²) in [6.45, 7) is 0.728. The van der Waals surface area contributed by atoms with Crippen LogP contribution in [0.3, 0.4) is 0 Å². The molecule has 146 valence electrons. The van der Waals surface area contributed by atoms with Crippen molar-refractivity contribution in [2.24, 2.45) is 0 Å². The van der Waals surface area contributed by atoms with Gasteiger partial charge in [-0.15, -0.1) is 0 Å². The first-order chi connectivity index (χ1) is 13.8. The van der Waals surface area contributed by atoms with Crippen molar-refractivity contribution in [3.63, 3.8) is 0 Å². The molecule has 2 aromatic rings. The molecule has 0 aromatic heterocycles. The molecule has 0 fully saturated rings. The minimum Gasteiger partial charge on any atom is -0.454 e. The maximum absolute atomic E-state index is 12.4. The Bertz CT molecular complexity index is 1040. The van der Waals surface area contributed by atoms with Gasteiger partial charge < -0.3 is 10.1 Å². The number of nitrogens with one attached hydrogen (secondary N) is 1. The van der Waals surface area contributed by atoms with E-state index < -0.39 is 36.3 Å². The lowest BCUT2D eigenvalue weighted by molar-refractivity contribution is -0.150. The molecule has 0 saturated heterocycles. The van der Waals surface area contributed by atoms with Gasteiger partial charge in [0.1, 0.15) is 12.1 Å². The molecule has 1 atom stereocenters. The third-order valence-corrected chi connectivity index (χ3v) is 4.59. The Balaban J connectivity index is 1.59. The van der Waals surface area contributed by atoms with Crippen LogP contribution in [0, 0.1) is 11.3 Å². The van der Waals surface area contributed by atoms with E-state index in [2.05, 4.69) is 5.32 Å². The molecule has 0 spiro atoms. The number of halogens is 1. The number of ether oxygens (including phenoxy) is 1. The van der Waals surface area contributed by atoms with Crippen molar-refractivity contribution < 1.29 is 23.9 Å². The molecule has 3 rings (SSSR count). The summed E-state index contributed by atoms with van der Waals surface area (Å²) in [6, 6.07) is 11.3. The molecule has 0 unspecified atom stereocenters. The highest BCUT2D eigenvalue weighted by molar-refractivity contribution is 6.32. The third kappa shape index (κ3) is 3.95. The minimum atomic E-state index is -1.19. The lowest BCUT2D eigenvalue weighted by Gasteiger charge is -2.20. The van der Waals surface area contributed by atoms with Gasteiger partial charge in [-0.05, 0) is 37.3 Å². The predicted octanol–water partition coefficient (Wildman–Crippen LogP) is 2.38. The Labute approximate surface area is 170 Å². The molecule has 1 aliphatic heterocycles. The first-order valence-electron chi connectivity index (χ1n) is 8.46. The Morgan fingerprint density at radius 3 is 2.34 bits per heavy atom. The maximum atomic E-state index is 12.4. The molecule has 9 heteroatoms. The van der Waals surface area contributed by atoms with E-state index in [1.807, 2.05) is 6.07 Å². The number of carbonyl (C=O) groups is 4. The van der Waals surface area contributed by atoms with E-state index >= 15 is 0 Å². The van der Waals surface area contributed by atoms with Gasteiger partial charge in [0.2, 0.25) is 0 Å². The normalized spacial score (nSPS) is 13.5. The van der Waals surface area contributed by atoms with Crippen molar-refractivity contribution >= 4 is 41.0 Å². The van der Waals surface area contributed by atoms with E-state index in [1.54, 1.807) is 12.1 Å². The molecule has 8 nitrogen and oxygen atoms in total. The first-order valence-corrected chi connectivity index (χ1v) is 8.84. The summed E-state index contributed by atoms with van der Waals surface area (Å²) < 4.78 is 4.94. The van der Waals surface area contributed by atoms with Crippen LogP contribution in [0.25, 0.3) is 0 Å². The fourth-order valence-corrected chi connectivity index (χ4v) is 3.03. The number of amides is 3. The summed E-state index contributed by atoms with van der Waals surface area (Å²) in [5.41, 5.74) is 1.01. The largest absolute Gasteiger partial charge is 0.454 e. The van der Waals surface area contributed by atoms with Crippen molar-refractivity contribution in [1.29, 1.82) is 5.26 Å². The molecular weight excluding hydrogens is 398 g/mol. The van der Waals surface area contributed by atoms with Crippen LogP contribution < -0.4 is 5.32 Å². The summed E-state index contributed by atoms with van der Waals surface area (Å²) in [4.78, 5) is 49.9. The molecule has 2 aromatic carbocycles. The van der Waals surface area contributed by atoms with Gasteiger partial charge in [-0.2, -0.15) is 5.26 Å². The van der Waals surface area contributed by atoms with Crippen molar-refractivity contribution in [2.75, 3.05) is 11.9 Å². The SMILES string of the molecule is C[C@H](C(=O)OCC(=O)Nc1ccc(C#N)c(Cl)c1)N1C(=O)c2ccccc2C1=O. The van der Waals surface area contributed by atoms with Crippen molar-refractivity contribution in [3.8, 4) is 6.07 Å². The summed E-state index contributed by atoms with van der Waals surface area (Å²) in [5.74, 6) is -2.72. The molecule has 0 saturated carbocycles. The van der Waals surface area contributed by atoms with Crippen molar-refractivity contribution in [1.82, 2.24) is 4.90 Å². The topological polar surface area (TPSA) is 117 Å². The molecule has 1 aliphatic rings. The smallest absolute Gasteiger partial charge is 0.329 e. The van der Waals surface area contributed by atoms with Gasteiger partial charge in [-0.25, -0.2) is 4.79 Å². The first kappa shape index (κ1) is 20.0. The van der Waals surface area contributed by atoms with Gasteiger partial charge in [0.05, 0.1) is 21.7 Å². The van der Waals surface area contributed by atoms with Gasteiger partial charge in [-0.1, -0.05) is 23.7 Å². The zero-order valence-electron chi connectivity index (χ0n) is 15.1. The standard InChI is InChI=1S/C20H14ClN3O5/c1-11(24-18(26)14-4-2-3-5-15(14)19(24)27)20(28)29-10-17(25)23-13-7-6-12(9-22)16(21)8-13/h2-8,11H,10H2,1H3,(H,23,25)/t11-/m1/s1. The average Bonchev–Trinajstić information content (AvgIpc) is 2.96. The monoisotopic (exact) mass is 411 g/mol. The second-order valence-electron chi connectivity index (χ2n) is 6.16. The zero-order chi connectivity index (χ0) is 21.1. The van der Waals surface area contributed by atoms with Crippen molar-refractivity contribution in [2.45, 2.75) is 13.0 Å². The van der Waals surface area contributed by atoms with Crippen molar-refractivity contribution in [3.05, 3.63) is 64.2 Å². The molecule has 0 aliphatic carbocycles. The zero-order valence-corrected chi connectivity index (χ0v) is 15.9. The predicted molar refractivity (Wildman–Crippen MR) is 102 cm³/mol. The summed E-state index contributed by atoms with van der Waals surface area (Å²) in [6.07, 6.45) is 0. The van der Waals surface area contributed by atoms with Crippen LogP contribution in [0.5, 0.6) is 0 Å². The van der Waals surface area contributed by atoms with Gasteiger partial charge in [-0.3, -0.25) is 19.3 Å². The number of fused-ring (bicyclic) bond motifs is 1. The van der Waals surface area contributed by atoms with Crippen LogP contribution in [0.15, 0.2) is 42.5 Å². The quantitative estimate of drug-likeness (QED) is 0.596. The Morgan fingerprint density at radius 1 is 1.17 bits per heavy atom. The van der Waals surface area contributed by atoms with E-state index in [1.165, 1.54) is 37.3 Å². The molecule has 3 amide bonds. The summed E-state index contributed by atoms with van der Waals surface area (Å²) in [7, 11) is 0. The number of rotatable bonds is 5. The van der Waals surface area contributed by atoms with E-state index in [9.17, 15) is 19.2 Å². The van der Waals surface area contributed by atoms with Gasteiger partial charge >= 0.3 is 5.97 Å². The number of esters is 1. The summed E-state index contributed by atoms with van der Waals surface area (Å²) in [5, 5.41) is 11.5. The highest BCUT2D eigenvalue weighted by Crippen LogP contribution is 2.25. The lowest BCUT2D eigenvalue weighted by Crippen LogP contribution is -2.44. The molecule has 0 radical (unpaired) electrons. The van der Waals surface area contributed by atoms with E-state index in [0.29, 0.717) is 5.69 Å². The number of carbonyl (C=O) groups excluding carboxylic acids is 4. The van der Waals surface area contributed by atoms with E-state index in [-0.39, 0.29) is 21.7 Å². The Hall–Kier alpha value is -3.70. The van der Waals surface area contributed by atoms with Crippen LogP contribution in [0.4, 0.5) is 5.69 Å². The Kier molecular flexibility index (Phi) is 5.61. The second kappa shape index (κ2) is 8.12. The molecule has 29 heavy (non-hydrogen) atoms. The van der Waals surface area contributed by atoms with Crippen LogP contribution in [-0.4, -0.2) is 41.2 Å². The third-order valence-electron chi connectivity index (χ3n) is 4.27. The molecular formula is C20H14ClN3O5. The fraction of sp³-hybridized carbons (Fsp3) is 0.150. The van der Waals surface area contributed by atoms with Crippen LogP contribution in [0.1, 0.15) is 33.2 Å². The maximum Gasteiger partial charge on any atom is 0.329 e. The lowest BCUT2D eigenvalue weighted by atomic mass is 10.1. The number of benzene rings is 2. The number of nitriles is 1. The van der Waals surface area contributed by atoms with E-state index in [4.69, 9.17) is 21.6 Å². The number of hydrogen-bond acceptors (Lipinski definition) is 6. The number of hydrogen-bond donors (Lipinski definition) is 1.